The number of carboxylic acids is 1. The first kappa shape index (κ1) is 22.5. The van der Waals surface area contributed by atoms with Crippen molar-refractivity contribution in [1.29, 1.82) is 0 Å². The van der Waals surface area contributed by atoms with Crippen molar-refractivity contribution in [3.63, 3.8) is 0 Å². The van der Waals surface area contributed by atoms with E-state index in [0.717, 1.165) is 27.2 Å². The number of rotatable bonds is 5. The van der Waals surface area contributed by atoms with E-state index in [2.05, 4.69) is 20.3 Å². The van der Waals surface area contributed by atoms with Crippen molar-refractivity contribution in [2.45, 2.75) is 25.0 Å². The maximum atomic E-state index is 13.0. The minimum Gasteiger partial charge on any atom is -0.480 e. The van der Waals surface area contributed by atoms with Crippen molar-refractivity contribution in [3.8, 4) is 11.1 Å². The van der Waals surface area contributed by atoms with Crippen LogP contribution in [0.1, 0.15) is 34.5 Å². The molecule has 11 nitrogen and oxygen atoms in total. The lowest BCUT2D eigenvalue weighted by Gasteiger charge is -2.36. The van der Waals surface area contributed by atoms with Crippen molar-refractivity contribution in [1.82, 2.24) is 15.2 Å². The highest BCUT2D eigenvalue weighted by Gasteiger charge is 2.40. The maximum Gasteiger partial charge on any atom is 0.412 e. The summed E-state index contributed by atoms with van der Waals surface area (Å²) in [6.45, 7) is 1.83. The lowest BCUT2D eigenvalue weighted by atomic mass is 9.98. The first-order valence-electron chi connectivity index (χ1n) is 11.1. The Labute approximate surface area is 199 Å². The fourth-order valence-corrected chi connectivity index (χ4v) is 4.66. The van der Waals surface area contributed by atoms with Crippen LogP contribution in [-0.4, -0.2) is 70.2 Å². The van der Waals surface area contributed by atoms with Gasteiger partial charge in [-0.05, 0) is 39.5 Å². The second-order valence-corrected chi connectivity index (χ2v) is 8.27. The van der Waals surface area contributed by atoms with Crippen LogP contribution in [0.15, 0.2) is 53.2 Å². The van der Waals surface area contributed by atoms with E-state index in [-0.39, 0.29) is 37.2 Å². The Kier molecular flexibility index (Phi) is 5.91. The van der Waals surface area contributed by atoms with Gasteiger partial charge in [-0.25, -0.2) is 14.2 Å². The third-order valence-corrected chi connectivity index (χ3v) is 6.26. The Balaban J connectivity index is 1.28. The predicted molar refractivity (Wildman–Crippen MR) is 121 cm³/mol. The standard InChI is InChI=1S/C24H22N4O7/c1-13-20(23(30)31)28(10-11-33-13)22(29)19-21(27-35-26-19)25-24(32)34-12-18-16-8-4-2-6-14(16)15-7-3-5-9-17(15)18/h2-9,13,18,20H,10-12H2,1H3,(H,30,31)(H,25,27,32). The van der Waals surface area contributed by atoms with Crippen molar-refractivity contribution in [2.75, 3.05) is 25.1 Å². The third kappa shape index (κ3) is 4.10. The molecule has 2 amide bonds. The molecule has 1 aliphatic heterocycles. The second kappa shape index (κ2) is 9.18. The molecule has 1 fully saturated rings. The topological polar surface area (TPSA) is 144 Å². The molecule has 1 saturated heterocycles. The Morgan fingerprint density at radius 3 is 2.40 bits per heavy atom. The van der Waals surface area contributed by atoms with E-state index in [1.54, 1.807) is 6.92 Å². The molecule has 0 radical (unpaired) electrons. The number of ether oxygens (including phenoxy) is 2. The molecular formula is C24H22N4O7. The third-order valence-electron chi connectivity index (χ3n) is 6.26. The predicted octanol–water partition coefficient (Wildman–Crippen LogP) is 2.74. The largest absolute Gasteiger partial charge is 0.480 e. The molecule has 2 unspecified atom stereocenters. The number of anilines is 1. The summed E-state index contributed by atoms with van der Waals surface area (Å²) in [6.07, 6.45) is -1.56. The molecule has 0 spiro atoms. The van der Waals surface area contributed by atoms with Crippen LogP contribution in [0, 0.1) is 0 Å². The lowest BCUT2D eigenvalue weighted by Crippen LogP contribution is -2.56. The molecule has 35 heavy (non-hydrogen) atoms. The van der Waals surface area contributed by atoms with Crippen LogP contribution in [-0.2, 0) is 14.3 Å². The zero-order valence-electron chi connectivity index (χ0n) is 18.7. The normalized spacial score (nSPS) is 19.1. The fourth-order valence-electron chi connectivity index (χ4n) is 4.66. The Morgan fingerprint density at radius 1 is 1.09 bits per heavy atom. The van der Waals surface area contributed by atoms with Crippen LogP contribution in [0.25, 0.3) is 11.1 Å². The van der Waals surface area contributed by atoms with Gasteiger partial charge in [0.05, 0.1) is 12.7 Å². The first-order valence-corrected chi connectivity index (χ1v) is 11.1. The monoisotopic (exact) mass is 478 g/mol. The summed E-state index contributed by atoms with van der Waals surface area (Å²) in [7, 11) is 0. The van der Waals surface area contributed by atoms with Gasteiger partial charge >= 0.3 is 12.1 Å². The van der Waals surface area contributed by atoms with Crippen molar-refractivity contribution in [2.24, 2.45) is 0 Å². The Morgan fingerprint density at radius 2 is 1.74 bits per heavy atom. The summed E-state index contributed by atoms with van der Waals surface area (Å²) in [5.41, 5.74) is 3.99. The second-order valence-electron chi connectivity index (χ2n) is 8.27. The number of fused-ring (bicyclic) bond motifs is 3. The number of aromatic nitrogens is 2. The van der Waals surface area contributed by atoms with Gasteiger partial charge in [-0.15, -0.1) is 0 Å². The van der Waals surface area contributed by atoms with Gasteiger partial charge in [-0.2, -0.15) is 0 Å². The van der Waals surface area contributed by atoms with Crippen LogP contribution in [0.5, 0.6) is 0 Å². The van der Waals surface area contributed by atoms with Gasteiger partial charge < -0.3 is 19.5 Å². The van der Waals surface area contributed by atoms with E-state index in [0.29, 0.717) is 0 Å². The number of nitrogens with one attached hydrogen (secondary N) is 1. The van der Waals surface area contributed by atoms with E-state index in [9.17, 15) is 19.5 Å². The van der Waals surface area contributed by atoms with E-state index in [1.165, 1.54) is 0 Å². The van der Waals surface area contributed by atoms with Crippen LogP contribution >= 0.6 is 0 Å². The highest BCUT2D eigenvalue weighted by molar-refractivity contribution is 6.01. The van der Waals surface area contributed by atoms with Crippen LogP contribution in [0.4, 0.5) is 10.6 Å². The fraction of sp³-hybridized carbons (Fsp3) is 0.292. The molecule has 11 heteroatoms. The molecule has 1 aromatic heterocycles. The zero-order valence-corrected chi connectivity index (χ0v) is 18.7. The lowest BCUT2D eigenvalue weighted by molar-refractivity contribution is -0.152. The SMILES string of the molecule is CC1OCCN(C(=O)c2nonc2NC(=O)OCC2c3ccccc3-c3ccccc32)C1C(=O)O. The van der Waals surface area contributed by atoms with Gasteiger partial charge in [-0.1, -0.05) is 48.5 Å². The highest BCUT2D eigenvalue weighted by atomic mass is 16.6. The number of amides is 2. The Hall–Kier alpha value is -4.25. The average Bonchev–Trinajstić information content (AvgIpc) is 3.44. The summed E-state index contributed by atoms with van der Waals surface area (Å²) >= 11 is 0. The molecular weight excluding hydrogens is 456 g/mol. The van der Waals surface area contributed by atoms with E-state index < -0.39 is 30.1 Å². The molecule has 0 bridgehead atoms. The average molecular weight is 478 g/mol. The number of hydrogen-bond acceptors (Lipinski definition) is 8. The molecule has 2 aromatic carbocycles. The van der Waals surface area contributed by atoms with Gasteiger partial charge in [0.15, 0.2) is 6.04 Å². The number of carbonyl (C=O) groups excluding carboxylic acids is 2. The van der Waals surface area contributed by atoms with Gasteiger partial charge in [0, 0.05) is 12.5 Å². The van der Waals surface area contributed by atoms with Crippen molar-refractivity contribution < 1.29 is 33.6 Å². The smallest absolute Gasteiger partial charge is 0.412 e. The first-order chi connectivity index (χ1) is 17.0. The summed E-state index contributed by atoms with van der Waals surface area (Å²) in [5, 5.41) is 19.1. The van der Waals surface area contributed by atoms with Gasteiger partial charge in [0.25, 0.3) is 5.91 Å². The quantitative estimate of drug-likeness (QED) is 0.565. The number of aliphatic carboxylic acids is 1. The van der Waals surface area contributed by atoms with Crippen LogP contribution in [0.2, 0.25) is 0 Å². The molecule has 2 N–H and O–H groups in total. The maximum absolute atomic E-state index is 13.0. The molecule has 5 rings (SSSR count). The van der Waals surface area contributed by atoms with Crippen LogP contribution < -0.4 is 5.32 Å². The molecule has 180 valence electrons. The molecule has 2 atom stereocenters. The molecule has 2 heterocycles. The Bertz CT molecular complexity index is 1240. The van der Waals surface area contributed by atoms with Crippen LogP contribution in [0.3, 0.4) is 0 Å². The van der Waals surface area contributed by atoms with Gasteiger partial charge in [-0.3, -0.25) is 10.1 Å². The minimum absolute atomic E-state index is 0.0391. The van der Waals surface area contributed by atoms with E-state index >= 15 is 0 Å². The minimum atomic E-state index is -1.21. The zero-order chi connectivity index (χ0) is 24.5. The van der Waals surface area contributed by atoms with Gasteiger partial charge in [0.1, 0.15) is 6.61 Å². The molecule has 3 aromatic rings. The summed E-state index contributed by atoms with van der Waals surface area (Å²) in [4.78, 5) is 38.4. The summed E-state index contributed by atoms with van der Waals surface area (Å²) in [6, 6.07) is 14.7. The van der Waals surface area contributed by atoms with Crippen molar-refractivity contribution in [3.05, 3.63) is 65.4 Å². The molecule has 0 saturated carbocycles. The number of hydrogen-bond donors (Lipinski definition) is 2. The van der Waals surface area contributed by atoms with Gasteiger partial charge in [0.2, 0.25) is 11.5 Å². The van der Waals surface area contributed by atoms with E-state index in [1.807, 2.05) is 48.5 Å². The number of nitrogens with zero attached hydrogens (tertiary/aromatic N) is 3. The van der Waals surface area contributed by atoms with E-state index in [4.69, 9.17) is 9.47 Å². The summed E-state index contributed by atoms with van der Waals surface area (Å²) < 4.78 is 15.5. The molecule has 1 aliphatic carbocycles. The number of carboxylic acid groups (broad SMARTS) is 1. The van der Waals surface area contributed by atoms with Crippen molar-refractivity contribution >= 4 is 23.8 Å². The summed E-state index contributed by atoms with van der Waals surface area (Å²) in [5.74, 6) is -2.36. The number of benzene rings is 2. The molecule has 2 aliphatic rings. The highest BCUT2D eigenvalue weighted by Crippen LogP contribution is 2.44. The number of morpholine rings is 1. The number of carbonyl (C=O) groups is 3.